The Kier molecular flexibility index (Phi) is 4.16. The number of allylic oxidation sites excluding steroid dienone is 1. The van der Waals surface area contributed by atoms with E-state index < -0.39 is 0 Å². The van der Waals surface area contributed by atoms with Crippen LogP contribution < -0.4 is 5.73 Å². The minimum Gasteiger partial charge on any atom is -0.399 e. The molecule has 3 nitrogen and oxygen atoms in total. The molecule has 0 spiro atoms. The summed E-state index contributed by atoms with van der Waals surface area (Å²) in [4.78, 5) is 0. The third-order valence-corrected chi connectivity index (χ3v) is 2.58. The summed E-state index contributed by atoms with van der Waals surface area (Å²) in [6.07, 6.45) is 9.33. The van der Waals surface area contributed by atoms with E-state index in [1.165, 1.54) is 12.8 Å². The zero-order valence-corrected chi connectivity index (χ0v) is 10.6. The number of nitrogens with zero attached hydrogens (tertiary/aromatic N) is 2. The van der Waals surface area contributed by atoms with Crippen molar-refractivity contribution in [3.8, 4) is 0 Å². The molecule has 0 unspecified atom stereocenters. The smallest absolute Gasteiger partial charge is 0.0709 e. The molecular formula is C13H23N3. The van der Waals surface area contributed by atoms with Gasteiger partial charge in [0.25, 0.3) is 0 Å². The fourth-order valence-electron chi connectivity index (χ4n) is 1.59. The molecule has 2 N–H and O–H groups in total. The summed E-state index contributed by atoms with van der Waals surface area (Å²) < 4.78 is 0. The maximum absolute atomic E-state index is 5.55. The molecule has 0 atom stereocenters. The van der Waals surface area contributed by atoms with Gasteiger partial charge >= 0.3 is 0 Å². The third kappa shape index (κ3) is 3.72. The van der Waals surface area contributed by atoms with Gasteiger partial charge < -0.3 is 5.73 Å². The summed E-state index contributed by atoms with van der Waals surface area (Å²) >= 11 is 0. The van der Waals surface area contributed by atoms with Gasteiger partial charge in [0.05, 0.1) is 5.54 Å². The zero-order chi connectivity index (χ0) is 12.2. The first-order valence-electron chi connectivity index (χ1n) is 5.92. The second kappa shape index (κ2) is 5.19. The lowest BCUT2D eigenvalue weighted by Crippen LogP contribution is -2.40. The molecule has 1 saturated carbocycles. The number of hydrogen-bond acceptors (Lipinski definition) is 3. The van der Waals surface area contributed by atoms with Crippen molar-refractivity contribution in [2.24, 2.45) is 10.8 Å². The van der Waals surface area contributed by atoms with Crippen molar-refractivity contribution in [3.63, 3.8) is 0 Å². The van der Waals surface area contributed by atoms with Crippen LogP contribution in [0.1, 0.15) is 40.0 Å². The van der Waals surface area contributed by atoms with E-state index in [4.69, 9.17) is 5.73 Å². The molecule has 1 aliphatic carbocycles. The molecule has 0 aliphatic heterocycles. The van der Waals surface area contributed by atoms with Crippen LogP contribution in [0.4, 0.5) is 0 Å². The van der Waals surface area contributed by atoms with Crippen LogP contribution in [-0.2, 0) is 0 Å². The van der Waals surface area contributed by atoms with Gasteiger partial charge in [0.15, 0.2) is 0 Å². The third-order valence-electron chi connectivity index (χ3n) is 2.58. The van der Waals surface area contributed by atoms with E-state index in [1.807, 2.05) is 12.3 Å². The minimum atomic E-state index is -0.102. The number of nitrogens with two attached hydrogens (primary N) is 1. The molecule has 0 heterocycles. The Hall–Kier alpha value is -1.25. The Bertz CT molecular complexity index is 298. The summed E-state index contributed by atoms with van der Waals surface area (Å²) in [5, 5.41) is 6.72. The zero-order valence-electron chi connectivity index (χ0n) is 10.6. The Morgan fingerprint density at radius 1 is 1.56 bits per heavy atom. The Morgan fingerprint density at radius 3 is 2.62 bits per heavy atom. The van der Waals surface area contributed by atoms with Crippen LogP contribution in [0.5, 0.6) is 0 Å². The second-order valence-electron chi connectivity index (χ2n) is 4.84. The van der Waals surface area contributed by atoms with E-state index in [-0.39, 0.29) is 5.54 Å². The van der Waals surface area contributed by atoms with Crippen LogP contribution in [0.2, 0.25) is 0 Å². The first-order chi connectivity index (χ1) is 7.47. The van der Waals surface area contributed by atoms with Gasteiger partial charge in [-0.2, -0.15) is 5.10 Å². The molecule has 1 fully saturated rings. The molecule has 0 amide bonds. The van der Waals surface area contributed by atoms with E-state index in [0.29, 0.717) is 11.7 Å². The van der Waals surface area contributed by atoms with E-state index in [1.54, 1.807) is 0 Å². The Labute approximate surface area is 98.7 Å². The van der Waals surface area contributed by atoms with Gasteiger partial charge in [-0.1, -0.05) is 19.6 Å². The lowest BCUT2D eigenvalue weighted by atomic mass is 10.0. The quantitative estimate of drug-likeness (QED) is 0.425. The molecule has 1 rings (SSSR count). The molecular weight excluding hydrogens is 198 g/mol. The topological polar surface area (TPSA) is 41.6 Å². The summed E-state index contributed by atoms with van der Waals surface area (Å²) in [7, 11) is 0. The van der Waals surface area contributed by atoms with Gasteiger partial charge in [0, 0.05) is 18.0 Å². The summed E-state index contributed by atoms with van der Waals surface area (Å²) in [6.45, 7) is 10.1. The van der Waals surface area contributed by atoms with E-state index >= 15 is 0 Å². The summed E-state index contributed by atoms with van der Waals surface area (Å²) in [6, 6.07) is 0.591. The van der Waals surface area contributed by atoms with E-state index in [9.17, 15) is 0 Å². The van der Waals surface area contributed by atoms with Crippen molar-refractivity contribution in [2.45, 2.75) is 51.6 Å². The highest BCUT2D eigenvalue weighted by molar-refractivity contribution is 5.56. The second-order valence-corrected chi connectivity index (χ2v) is 4.84. The minimum absolute atomic E-state index is 0.102. The molecule has 0 saturated heterocycles. The first-order valence-corrected chi connectivity index (χ1v) is 5.92. The van der Waals surface area contributed by atoms with Crippen LogP contribution in [0.25, 0.3) is 0 Å². The lowest BCUT2D eigenvalue weighted by molar-refractivity contribution is 0.159. The van der Waals surface area contributed by atoms with Gasteiger partial charge in [-0.05, 0) is 39.2 Å². The molecule has 0 aromatic rings. The molecule has 0 aromatic carbocycles. The molecule has 0 radical (unpaired) electrons. The molecule has 16 heavy (non-hydrogen) atoms. The maximum atomic E-state index is 5.55. The summed E-state index contributed by atoms with van der Waals surface area (Å²) in [5.41, 5.74) is 6.04. The van der Waals surface area contributed by atoms with Crippen molar-refractivity contribution in [1.82, 2.24) is 5.01 Å². The molecule has 0 bridgehead atoms. The molecule has 3 heteroatoms. The lowest BCUT2D eigenvalue weighted by Gasteiger charge is -2.34. The highest BCUT2D eigenvalue weighted by Crippen LogP contribution is 2.33. The van der Waals surface area contributed by atoms with Crippen molar-refractivity contribution in [2.75, 3.05) is 0 Å². The van der Waals surface area contributed by atoms with Gasteiger partial charge in [-0.25, -0.2) is 0 Å². The van der Waals surface area contributed by atoms with E-state index in [2.05, 4.69) is 43.5 Å². The maximum Gasteiger partial charge on any atom is 0.0709 e. The van der Waals surface area contributed by atoms with Gasteiger partial charge in [-0.3, -0.25) is 5.01 Å². The Morgan fingerprint density at radius 2 is 2.19 bits per heavy atom. The fraction of sp³-hybridized carbons (Fsp3) is 0.615. The average Bonchev–Trinajstić information content (AvgIpc) is 2.99. The van der Waals surface area contributed by atoms with Crippen molar-refractivity contribution >= 4 is 6.21 Å². The average molecular weight is 221 g/mol. The monoisotopic (exact) mass is 221 g/mol. The standard InChI is InChI=1S/C13H23N3/c1-5-10-15-16(12-6-7-12)13(3,4)9-8-11(2)14/h8-10,12H,2,5-7,14H2,1,3-4H3/b9-8-,15-10-. The van der Waals surface area contributed by atoms with Gasteiger partial charge in [-0.15, -0.1) is 0 Å². The number of hydrazone groups is 1. The van der Waals surface area contributed by atoms with Gasteiger partial charge in [0.1, 0.15) is 0 Å². The van der Waals surface area contributed by atoms with Crippen LogP contribution in [0, 0.1) is 0 Å². The highest BCUT2D eigenvalue weighted by atomic mass is 15.5. The normalized spacial score (nSPS) is 17.2. The Balaban J connectivity index is 2.74. The number of hydrogen-bond donors (Lipinski definition) is 1. The predicted octanol–water partition coefficient (Wildman–Crippen LogP) is 2.65. The van der Waals surface area contributed by atoms with Crippen LogP contribution in [-0.4, -0.2) is 22.8 Å². The predicted molar refractivity (Wildman–Crippen MR) is 70.2 cm³/mol. The van der Waals surface area contributed by atoms with Crippen LogP contribution >= 0.6 is 0 Å². The highest BCUT2D eigenvalue weighted by Gasteiger charge is 2.36. The van der Waals surface area contributed by atoms with Crippen molar-refractivity contribution in [3.05, 3.63) is 24.4 Å². The van der Waals surface area contributed by atoms with E-state index in [0.717, 1.165) is 6.42 Å². The van der Waals surface area contributed by atoms with Crippen molar-refractivity contribution in [1.29, 1.82) is 0 Å². The molecule has 90 valence electrons. The summed E-state index contributed by atoms with van der Waals surface area (Å²) in [5.74, 6) is 0. The molecule has 1 aliphatic rings. The largest absolute Gasteiger partial charge is 0.399 e. The van der Waals surface area contributed by atoms with Gasteiger partial charge in [0.2, 0.25) is 0 Å². The SMILES string of the molecule is C=C(N)/C=C\C(C)(C)N(/N=C\CC)C1CC1. The van der Waals surface area contributed by atoms with Crippen molar-refractivity contribution < 1.29 is 0 Å². The fourth-order valence-corrected chi connectivity index (χ4v) is 1.59. The first kappa shape index (κ1) is 12.8. The molecule has 0 aromatic heterocycles. The van der Waals surface area contributed by atoms with Crippen LogP contribution in [0.3, 0.4) is 0 Å². The van der Waals surface area contributed by atoms with Crippen LogP contribution in [0.15, 0.2) is 29.5 Å². The number of rotatable bonds is 6.